The summed E-state index contributed by atoms with van der Waals surface area (Å²) in [7, 11) is -1.64. The summed E-state index contributed by atoms with van der Waals surface area (Å²) in [4.78, 5) is 9.24. The lowest BCUT2D eigenvalue weighted by molar-refractivity contribution is -0.176. The smallest absolute Gasteiger partial charge is 0.222 e. The lowest BCUT2D eigenvalue weighted by Crippen LogP contribution is -2.39. The van der Waals surface area contributed by atoms with E-state index in [2.05, 4.69) is 0 Å². The summed E-state index contributed by atoms with van der Waals surface area (Å²) in [6.45, 7) is 6.92. The standard InChI is InChI=1S/C11H23O6P/c1-7(2)16-10-9(14-4)8(3)17-11(10)15-6-18(5,12)13/h7-11H,6H2,1-5H3,(H,12,13)/t8-,9-,10-,11-/m0/s1. The quantitative estimate of drug-likeness (QED) is 0.743. The van der Waals surface area contributed by atoms with Crippen molar-refractivity contribution in [3.05, 3.63) is 0 Å². The molecule has 18 heavy (non-hydrogen) atoms. The first-order chi connectivity index (χ1) is 8.24. The van der Waals surface area contributed by atoms with Gasteiger partial charge in [0.05, 0.1) is 12.2 Å². The second-order valence-corrected chi connectivity index (χ2v) is 7.27. The van der Waals surface area contributed by atoms with Gasteiger partial charge in [0.1, 0.15) is 18.6 Å². The van der Waals surface area contributed by atoms with Crippen molar-refractivity contribution in [2.75, 3.05) is 20.1 Å². The van der Waals surface area contributed by atoms with Gasteiger partial charge in [0.15, 0.2) is 6.29 Å². The molecule has 0 amide bonds. The van der Waals surface area contributed by atoms with Crippen LogP contribution in [0.2, 0.25) is 0 Å². The number of methoxy groups -OCH3 is 1. The van der Waals surface area contributed by atoms with Crippen molar-refractivity contribution in [1.29, 1.82) is 0 Å². The van der Waals surface area contributed by atoms with Crippen LogP contribution >= 0.6 is 7.37 Å². The van der Waals surface area contributed by atoms with Crippen molar-refractivity contribution in [3.8, 4) is 0 Å². The van der Waals surface area contributed by atoms with E-state index in [1.807, 2.05) is 20.8 Å². The predicted molar refractivity (Wildman–Crippen MR) is 66.8 cm³/mol. The van der Waals surface area contributed by atoms with Crippen LogP contribution in [-0.4, -0.2) is 55.7 Å². The third kappa shape index (κ3) is 4.61. The summed E-state index contributed by atoms with van der Waals surface area (Å²) >= 11 is 0. The molecule has 1 heterocycles. The molecule has 1 fully saturated rings. The van der Waals surface area contributed by atoms with E-state index < -0.39 is 19.8 Å². The van der Waals surface area contributed by atoms with Crippen molar-refractivity contribution < 1.29 is 28.4 Å². The third-order valence-electron chi connectivity index (χ3n) is 2.58. The number of hydrogen-bond acceptors (Lipinski definition) is 5. The molecule has 1 saturated heterocycles. The molecule has 7 heteroatoms. The Morgan fingerprint density at radius 2 is 2.00 bits per heavy atom. The van der Waals surface area contributed by atoms with Crippen LogP contribution in [0.1, 0.15) is 20.8 Å². The highest BCUT2D eigenvalue weighted by atomic mass is 31.2. The summed E-state index contributed by atoms with van der Waals surface area (Å²) in [5.41, 5.74) is 0. The van der Waals surface area contributed by atoms with Crippen LogP contribution in [0.25, 0.3) is 0 Å². The van der Waals surface area contributed by atoms with E-state index in [1.54, 1.807) is 7.11 Å². The average molecular weight is 282 g/mol. The molecule has 0 aliphatic carbocycles. The number of rotatable bonds is 6. The Balaban J connectivity index is 2.66. The highest BCUT2D eigenvalue weighted by molar-refractivity contribution is 7.56. The zero-order valence-electron chi connectivity index (χ0n) is 11.5. The maximum Gasteiger partial charge on any atom is 0.222 e. The number of hydrogen-bond donors (Lipinski definition) is 1. The monoisotopic (exact) mass is 282 g/mol. The third-order valence-corrected chi connectivity index (χ3v) is 3.21. The Hall–Kier alpha value is 0.0300. The van der Waals surface area contributed by atoms with Crippen LogP contribution in [0.15, 0.2) is 0 Å². The van der Waals surface area contributed by atoms with Gasteiger partial charge in [0, 0.05) is 13.8 Å². The zero-order chi connectivity index (χ0) is 13.9. The number of ether oxygens (including phenoxy) is 4. The molecule has 1 N–H and O–H groups in total. The Labute approximate surface area is 108 Å². The molecule has 6 nitrogen and oxygen atoms in total. The summed E-state index contributed by atoms with van der Waals surface area (Å²) < 4.78 is 33.2. The van der Waals surface area contributed by atoms with Gasteiger partial charge < -0.3 is 23.8 Å². The Kier molecular flexibility index (Phi) is 5.77. The topological polar surface area (TPSA) is 74.2 Å². The Morgan fingerprint density at radius 3 is 2.44 bits per heavy atom. The van der Waals surface area contributed by atoms with Gasteiger partial charge in [-0.2, -0.15) is 0 Å². The molecule has 0 saturated carbocycles. The first kappa shape index (κ1) is 16.1. The summed E-state index contributed by atoms with van der Waals surface area (Å²) in [5.74, 6) is 0. The highest BCUT2D eigenvalue weighted by Gasteiger charge is 2.45. The zero-order valence-corrected chi connectivity index (χ0v) is 12.4. The lowest BCUT2D eigenvalue weighted by atomic mass is 10.1. The second-order valence-electron chi connectivity index (χ2n) is 4.91. The van der Waals surface area contributed by atoms with E-state index in [1.165, 1.54) is 6.66 Å². The van der Waals surface area contributed by atoms with Gasteiger partial charge in [-0.05, 0) is 20.8 Å². The molecule has 1 unspecified atom stereocenters. The van der Waals surface area contributed by atoms with Crippen LogP contribution in [0.3, 0.4) is 0 Å². The summed E-state index contributed by atoms with van der Waals surface area (Å²) in [5, 5.41) is 0. The molecule has 0 aromatic carbocycles. The van der Waals surface area contributed by atoms with E-state index in [-0.39, 0.29) is 24.7 Å². The molecule has 1 aliphatic heterocycles. The molecule has 5 atom stereocenters. The van der Waals surface area contributed by atoms with Gasteiger partial charge in [-0.3, -0.25) is 4.57 Å². The molecule has 1 aliphatic rings. The largest absolute Gasteiger partial charge is 0.376 e. The van der Waals surface area contributed by atoms with Gasteiger partial charge in [0.2, 0.25) is 7.37 Å². The van der Waals surface area contributed by atoms with Gasteiger partial charge in [0.25, 0.3) is 0 Å². The maximum absolute atomic E-state index is 11.2. The van der Waals surface area contributed by atoms with Gasteiger partial charge >= 0.3 is 0 Å². The Morgan fingerprint density at radius 1 is 1.39 bits per heavy atom. The molecule has 1 rings (SSSR count). The molecule has 108 valence electrons. The molecular formula is C11H23O6P. The van der Waals surface area contributed by atoms with E-state index >= 15 is 0 Å². The van der Waals surface area contributed by atoms with Crippen LogP contribution in [-0.2, 0) is 23.5 Å². The molecule has 0 radical (unpaired) electrons. The minimum absolute atomic E-state index is 0.00444. The van der Waals surface area contributed by atoms with Crippen LogP contribution in [0.5, 0.6) is 0 Å². The van der Waals surface area contributed by atoms with Gasteiger partial charge in [-0.25, -0.2) is 0 Å². The van der Waals surface area contributed by atoms with Crippen molar-refractivity contribution in [3.63, 3.8) is 0 Å². The van der Waals surface area contributed by atoms with Crippen molar-refractivity contribution in [1.82, 2.24) is 0 Å². The van der Waals surface area contributed by atoms with E-state index in [9.17, 15) is 9.46 Å². The fourth-order valence-corrected chi connectivity index (χ4v) is 2.34. The molecule has 0 aromatic heterocycles. The van der Waals surface area contributed by atoms with Crippen molar-refractivity contribution in [2.24, 2.45) is 0 Å². The van der Waals surface area contributed by atoms with Gasteiger partial charge in [-0.15, -0.1) is 0 Å². The van der Waals surface area contributed by atoms with E-state index in [4.69, 9.17) is 18.9 Å². The summed E-state index contributed by atoms with van der Waals surface area (Å²) in [6, 6.07) is 0. The highest BCUT2D eigenvalue weighted by Crippen LogP contribution is 2.37. The second kappa shape index (κ2) is 6.46. The Bertz CT molecular complexity index is 302. The van der Waals surface area contributed by atoms with Crippen molar-refractivity contribution >= 4 is 7.37 Å². The van der Waals surface area contributed by atoms with Crippen molar-refractivity contribution in [2.45, 2.75) is 51.5 Å². The summed E-state index contributed by atoms with van der Waals surface area (Å²) in [6.07, 6.45) is -1.75. The maximum atomic E-state index is 11.2. The van der Waals surface area contributed by atoms with Gasteiger partial charge in [-0.1, -0.05) is 0 Å². The predicted octanol–water partition coefficient (Wildman–Crippen LogP) is 1.41. The van der Waals surface area contributed by atoms with E-state index in [0.29, 0.717) is 0 Å². The molecular weight excluding hydrogens is 259 g/mol. The molecule has 0 spiro atoms. The SMILES string of the molecule is CO[C@@H]1[C@H](OC(C)C)[C@@H](OCP(C)(=O)O)O[C@H]1C. The normalized spacial score (nSPS) is 35.9. The average Bonchev–Trinajstić information content (AvgIpc) is 2.50. The molecule has 0 aromatic rings. The fourth-order valence-electron chi connectivity index (χ4n) is 1.92. The first-order valence-electron chi connectivity index (χ1n) is 5.99. The minimum Gasteiger partial charge on any atom is -0.376 e. The van der Waals surface area contributed by atoms with Crippen LogP contribution in [0, 0.1) is 0 Å². The fraction of sp³-hybridized carbons (Fsp3) is 1.00. The lowest BCUT2D eigenvalue weighted by Gasteiger charge is -2.25. The van der Waals surface area contributed by atoms with Crippen LogP contribution < -0.4 is 0 Å². The first-order valence-corrected chi connectivity index (χ1v) is 8.28. The molecule has 0 bridgehead atoms. The van der Waals surface area contributed by atoms with Crippen LogP contribution in [0.4, 0.5) is 0 Å². The van der Waals surface area contributed by atoms with E-state index in [0.717, 1.165) is 0 Å². The minimum atomic E-state index is -3.23.